The van der Waals surface area contributed by atoms with Gasteiger partial charge in [0.1, 0.15) is 0 Å². The van der Waals surface area contributed by atoms with Crippen LogP contribution in [-0.4, -0.2) is 23.9 Å². The lowest BCUT2D eigenvalue weighted by Gasteiger charge is -2.18. The van der Waals surface area contributed by atoms with E-state index in [1.165, 1.54) is 0 Å². The number of dihydropyridines is 1. The van der Waals surface area contributed by atoms with Crippen molar-refractivity contribution in [3.8, 4) is 0 Å². The van der Waals surface area contributed by atoms with Gasteiger partial charge < -0.3 is 0 Å². The van der Waals surface area contributed by atoms with Gasteiger partial charge in [-0.1, -0.05) is 18.2 Å². The van der Waals surface area contributed by atoms with E-state index < -0.39 is 0 Å². The molecule has 2 rings (SSSR count). The summed E-state index contributed by atoms with van der Waals surface area (Å²) in [6, 6.07) is 0.193. The number of aliphatic imine (C=N–C) groups is 2. The van der Waals surface area contributed by atoms with Crippen molar-refractivity contribution in [2.75, 3.05) is 0 Å². The molecule has 0 bridgehead atoms. The molecule has 1 heterocycles. The first-order valence-corrected chi connectivity index (χ1v) is 5.80. The monoisotopic (exact) mass is 228 g/mol. The molecular formula is C14H16N2O. The molecule has 2 aliphatic rings. The summed E-state index contributed by atoms with van der Waals surface area (Å²) in [4.78, 5) is 20.1. The molecule has 1 amide bonds. The third-order valence-corrected chi connectivity index (χ3v) is 2.63. The molecule has 0 aromatic rings. The fraction of sp³-hybridized carbons (Fsp3) is 0.357. The van der Waals surface area contributed by atoms with E-state index in [0.717, 1.165) is 11.3 Å². The lowest BCUT2D eigenvalue weighted by Crippen LogP contribution is -2.20. The van der Waals surface area contributed by atoms with Crippen molar-refractivity contribution in [2.24, 2.45) is 15.9 Å². The number of hydrogen-bond acceptors (Lipinski definition) is 2. The van der Waals surface area contributed by atoms with Gasteiger partial charge >= 0.3 is 0 Å². The molecule has 0 aromatic heterocycles. The molecule has 1 aliphatic heterocycles. The van der Waals surface area contributed by atoms with Crippen LogP contribution < -0.4 is 0 Å². The quantitative estimate of drug-likeness (QED) is 0.669. The number of amides is 1. The first-order chi connectivity index (χ1) is 8.06. The molecule has 17 heavy (non-hydrogen) atoms. The Morgan fingerprint density at radius 2 is 2.24 bits per heavy atom. The second-order valence-electron chi connectivity index (χ2n) is 4.61. The van der Waals surface area contributed by atoms with E-state index in [1.54, 1.807) is 6.21 Å². The topological polar surface area (TPSA) is 41.8 Å². The van der Waals surface area contributed by atoms with E-state index in [1.807, 2.05) is 39.0 Å². The summed E-state index contributed by atoms with van der Waals surface area (Å²) in [6.45, 7) is 5.95. The third kappa shape index (κ3) is 2.67. The first kappa shape index (κ1) is 11.7. The van der Waals surface area contributed by atoms with Crippen LogP contribution in [0.4, 0.5) is 0 Å². The average molecular weight is 228 g/mol. The molecule has 0 aromatic carbocycles. The van der Waals surface area contributed by atoms with E-state index in [0.29, 0.717) is 5.57 Å². The van der Waals surface area contributed by atoms with Crippen LogP contribution in [0.2, 0.25) is 0 Å². The number of nitrogens with zero attached hydrogens (tertiary/aromatic N) is 2. The maximum Gasteiger partial charge on any atom is 0.278 e. The smallest absolute Gasteiger partial charge is 0.278 e. The summed E-state index contributed by atoms with van der Waals surface area (Å²) in [6.07, 6.45) is 9.62. The molecule has 1 unspecified atom stereocenters. The van der Waals surface area contributed by atoms with Crippen molar-refractivity contribution in [3.05, 3.63) is 35.5 Å². The largest absolute Gasteiger partial charge is 0.290 e. The van der Waals surface area contributed by atoms with E-state index in [4.69, 9.17) is 0 Å². The third-order valence-electron chi connectivity index (χ3n) is 2.63. The Morgan fingerprint density at radius 3 is 2.94 bits per heavy atom. The average Bonchev–Trinajstić information content (AvgIpc) is 2.26. The summed E-state index contributed by atoms with van der Waals surface area (Å²) in [5.41, 5.74) is 2.54. The van der Waals surface area contributed by atoms with Crippen LogP contribution >= 0.6 is 0 Å². The van der Waals surface area contributed by atoms with Crippen LogP contribution in [0.1, 0.15) is 20.8 Å². The number of fused-ring (bicyclic) bond motifs is 1. The van der Waals surface area contributed by atoms with Crippen LogP contribution in [0.15, 0.2) is 45.4 Å². The maximum atomic E-state index is 11.8. The Balaban J connectivity index is 2.25. The minimum atomic E-state index is -0.194. The number of rotatable bonds is 2. The van der Waals surface area contributed by atoms with Gasteiger partial charge in [-0.2, -0.15) is 0 Å². The predicted molar refractivity (Wildman–Crippen MR) is 70.5 cm³/mol. The highest BCUT2D eigenvalue weighted by molar-refractivity contribution is 6.21. The molecule has 0 saturated heterocycles. The van der Waals surface area contributed by atoms with Crippen LogP contribution in [-0.2, 0) is 4.79 Å². The van der Waals surface area contributed by atoms with Gasteiger partial charge in [-0.05, 0) is 32.4 Å². The van der Waals surface area contributed by atoms with Gasteiger partial charge in [-0.25, -0.2) is 4.99 Å². The summed E-state index contributed by atoms with van der Waals surface area (Å²) in [5.74, 6) is -0.0787. The number of allylic oxidation sites excluding steroid dienone is 5. The highest BCUT2D eigenvalue weighted by Crippen LogP contribution is 2.21. The molecule has 1 atom stereocenters. The van der Waals surface area contributed by atoms with E-state index in [9.17, 15) is 4.79 Å². The van der Waals surface area contributed by atoms with Gasteiger partial charge in [0.15, 0.2) is 0 Å². The molecular weight excluding hydrogens is 212 g/mol. The number of carbonyl (C=O) groups excluding carboxylic acids is 1. The molecule has 1 aliphatic carbocycles. The molecule has 3 nitrogen and oxygen atoms in total. The minimum absolute atomic E-state index is 0.116. The van der Waals surface area contributed by atoms with E-state index in [-0.39, 0.29) is 17.9 Å². The van der Waals surface area contributed by atoms with Crippen molar-refractivity contribution < 1.29 is 4.79 Å². The van der Waals surface area contributed by atoms with Gasteiger partial charge in [0.05, 0.1) is 11.3 Å². The highest BCUT2D eigenvalue weighted by Gasteiger charge is 2.21. The van der Waals surface area contributed by atoms with Crippen molar-refractivity contribution in [2.45, 2.75) is 26.8 Å². The van der Waals surface area contributed by atoms with Crippen LogP contribution in [0, 0.1) is 5.92 Å². The second-order valence-corrected chi connectivity index (χ2v) is 4.61. The fourth-order valence-corrected chi connectivity index (χ4v) is 1.75. The van der Waals surface area contributed by atoms with Crippen LogP contribution in [0.5, 0.6) is 0 Å². The SMILES string of the molecule is CC1=CC2=NC(=O)C(C=NC(C)C)=CC2C=C1. The van der Waals surface area contributed by atoms with Gasteiger partial charge in [0.25, 0.3) is 5.91 Å². The van der Waals surface area contributed by atoms with Gasteiger partial charge in [0, 0.05) is 18.2 Å². The Bertz CT molecular complexity index is 490. The molecule has 0 N–H and O–H groups in total. The molecule has 0 fully saturated rings. The summed E-state index contributed by atoms with van der Waals surface area (Å²) in [5, 5.41) is 0. The second kappa shape index (κ2) is 4.62. The standard InChI is InChI=1S/C14H16N2O/c1-9(2)15-8-12-7-11-5-4-10(3)6-13(11)16-14(12)17/h4-9,11H,1-3H3. The van der Waals surface area contributed by atoms with Gasteiger partial charge in [0.2, 0.25) is 0 Å². The van der Waals surface area contributed by atoms with Crippen molar-refractivity contribution in [1.82, 2.24) is 0 Å². The summed E-state index contributed by atoms with van der Waals surface area (Å²) < 4.78 is 0. The van der Waals surface area contributed by atoms with E-state index in [2.05, 4.69) is 16.1 Å². The fourth-order valence-electron chi connectivity index (χ4n) is 1.75. The Labute approximate surface area is 101 Å². The summed E-state index contributed by atoms with van der Waals surface area (Å²) >= 11 is 0. The number of carbonyl (C=O) groups is 1. The Hall–Kier alpha value is -1.77. The molecule has 3 heteroatoms. The van der Waals surface area contributed by atoms with E-state index >= 15 is 0 Å². The highest BCUT2D eigenvalue weighted by atomic mass is 16.1. The zero-order chi connectivity index (χ0) is 12.4. The zero-order valence-electron chi connectivity index (χ0n) is 10.3. The van der Waals surface area contributed by atoms with Crippen LogP contribution in [0.3, 0.4) is 0 Å². The Kier molecular flexibility index (Phi) is 3.18. The normalized spacial score (nSPS) is 23.6. The maximum absolute atomic E-state index is 11.8. The summed E-state index contributed by atoms with van der Waals surface area (Å²) in [7, 11) is 0. The molecule has 0 saturated carbocycles. The first-order valence-electron chi connectivity index (χ1n) is 5.80. The lowest BCUT2D eigenvalue weighted by atomic mass is 9.91. The molecule has 88 valence electrons. The number of hydrogen-bond donors (Lipinski definition) is 0. The van der Waals surface area contributed by atoms with Gasteiger partial charge in [-0.15, -0.1) is 0 Å². The van der Waals surface area contributed by atoms with Crippen molar-refractivity contribution in [3.63, 3.8) is 0 Å². The zero-order valence-corrected chi connectivity index (χ0v) is 10.3. The van der Waals surface area contributed by atoms with Gasteiger partial charge in [-0.3, -0.25) is 9.79 Å². The van der Waals surface area contributed by atoms with Crippen molar-refractivity contribution in [1.29, 1.82) is 0 Å². The molecule has 0 radical (unpaired) electrons. The Morgan fingerprint density at radius 1 is 1.47 bits per heavy atom. The minimum Gasteiger partial charge on any atom is -0.290 e. The predicted octanol–water partition coefficient (Wildman–Crippen LogP) is 2.51. The van der Waals surface area contributed by atoms with Crippen molar-refractivity contribution >= 4 is 17.8 Å². The lowest BCUT2D eigenvalue weighted by molar-refractivity contribution is -0.113. The molecule has 0 spiro atoms. The van der Waals surface area contributed by atoms with Crippen LogP contribution in [0.25, 0.3) is 0 Å².